The highest BCUT2D eigenvalue weighted by molar-refractivity contribution is 7.80. The van der Waals surface area contributed by atoms with Gasteiger partial charge in [-0.15, -0.1) is 5.10 Å². The molecule has 0 unspecified atom stereocenters. The average molecular weight is 383 g/mol. The second-order valence-corrected chi connectivity index (χ2v) is 7.01. The molecule has 5 N–H and O–H groups in total. The highest BCUT2D eigenvalue weighted by atomic mass is 32.1. The van der Waals surface area contributed by atoms with Crippen molar-refractivity contribution in [1.82, 2.24) is 5.01 Å². The summed E-state index contributed by atoms with van der Waals surface area (Å²) < 4.78 is 0. The summed E-state index contributed by atoms with van der Waals surface area (Å²) in [6.45, 7) is 8.73. The Morgan fingerprint density at radius 2 is 1.62 bits per heavy atom. The van der Waals surface area contributed by atoms with Crippen LogP contribution < -0.4 is 11.5 Å². The summed E-state index contributed by atoms with van der Waals surface area (Å²) in [5.74, 6) is -1.06. The Labute approximate surface area is 163 Å². The van der Waals surface area contributed by atoms with E-state index in [2.05, 4.69) is 50.7 Å². The van der Waals surface area contributed by atoms with E-state index in [0.29, 0.717) is 6.54 Å². The number of hydrazone groups is 1. The van der Waals surface area contributed by atoms with Gasteiger partial charge < -0.3 is 16.6 Å². The maximum atomic E-state index is 11.3. The molecule has 0 fully saturated rings. The smallest absolute Gasteiger partial charge is 0.328 e. The van der Waals surface area contributed by atoms with Crippen LogP contribution in [-0.2, 0) is 4.79 Å². The third-order valence-corrected chi connectivity index (χ3v) is 4.16. The third-order valence-electron chi connectivity index (χ3n) is 3.81. The number of rotatable bonds is 12. The third kappa shape index (κ3) is 11.6. The zero-order valence-electron chi connectivity index (χ0n) is 16.4. The summed E-state index contributed by atoms with van der Waals surface area (Å²) >= 11 is 4.07. The monoisotopic (exact) mass is 382 g/mol. The van der Waals surface area contributed by atoms with Crippen molar-refractivity contribution in [3.05, 3.63) is 34.9 Å². The lowest BCUT2D eigenvalue weighted by molar-refractivity contribution is -0.142. The van der Waals surface area contributed by atoms with Crippen LogP contribution in [-0.4, -0.2) is 40.4 Å². The highest BCUT2D eigenvalue weighted by Gasteiger charge is 2.22. The van der Waals surface area contributed by atoms with E-state index >= 15 is 0 Å². The summed E-state index contributed by atoms with van der Waals surface area (Å²) in [6, 6.07) is -0.873. The zero-order valence-corrected chi connectivity index (χ0v) is 17.3. The van der Waals surface area contributed by atoms with Crippen LogP contribution in [0.2, 0.25) is 0 Å². The lowest BCUT2D eigenvalue weighted by atomic mass is 10.1. The van der Waals surface area contributed by atoms with E-state index < -0.39 is 12.0 Å². The Morgan fingerprint density at radius 1 is 1.08 bits per heavy atom. The normalized spacial score (nSPS) is 13.1. The molecule has 0 rings (SSSR count). The number of guanidine groups is 1. The predicted octanol–water partition coefficient (Wildman–Crippen LogP) is 3.28. The second-order valence-electron chi connectivity index (χ2n) is 6.64. The van der Waals surface area contributed by atoms with E-state index in [9.17, 15) is 9.90 Å². The quantitative estimate of drug-likeness (QED) is 0.136. The van der Waals surface area contributed by atoms with E-state index in [1.54, 1.807) is 0 Å². The molecule has 6 nitrogen and oxygen atoms in total. The first-order chi connectivity index (χ1) is 12.2. The number of nitrogens with zero attached hydrogens (tertiary/aromatic N) is 2. The summed E-state index contributed by atoms with van der Waals surface area (Å²) in [5, 5.41) is 14.5. The van der Waals surface area contributed by atoms with E-state index in [4.69, 9.17) is 11.5 Å². The van der Waals surface area contributed by atoms with Gasteiger partial charge in [0, 0.05) is 5.75 Å². The van der Waals surface area contributed by atoms with Gasteiger partial charge in [-0.05, 0) is 53.4 Å². The minimum absolute atomic E-state index is 0.118. The van der Waals surface area contributed by atoms with Gasteiger partial charge in [0.05, 0.1) is 6.54 Å². The Hall–Kier alpha value is -1.89. The molecule has 0 aliphatic rings. The molecule has 0 radical (unpaired) electrons. The lowest BCUT2D eigenvalue weighted by Crippen LogP contribution is -2.42. The van der Waals surface area contributed by atoms with Gasteiger partial charge in [0.15, 0.2) is 6.04 Å². The van der Waals surface area contributed by atoms with Gasteiger partial charge in [-0.2, -0.15) is 12.6 Å². The van der Waals surface area contributed by atoms with Crippen LogP contribution in [0.15, 0.2) is 40.0 Å². The Bertz CT molecular complexity index is 560. The SMILES string of the molecule is CC(C)=CCCC(C)=CCCC(C)=CCN(N=C(N)N)[C@@H](CS)C(=O)O. The molecule has 0 aliphatic carbocycles. The number of carbonyl (C=O) groups is 1. The molecule has 0 aromatic carbocycles. The number of carboxylic acids is 1. The molecule has 0 heterocycles. The number of nitrogens with two attached hydrogens (primary N) is 2. The Morgan fingerprint density at radius 3 is 2.08 bits per heavy atom. The van der Waals surface area contributed by atoms with Gasteiger partial charge in [-0.25, -0.2) is 4.79 Å². The molecular weight excluding hydrogens is 348 g/mol. The number of hydrogen-bond acceptors (Lipinski definition) is 4. The standard InChI is InChI=1S/C19H34N4O2S/c1-14(2)7-5-8-15(3)9-6-10-16(4)11-12-23(22-19(20)21)17(13-26)18(24)25/h7,9,11,17,26H,5-6,8,10,12-13H2,1-4H3,(H,24,25)(H4,20,21,22)/t17-/m0/s1. The van der Waals surface area contributed by atoms with Crippen molar-refractivity contribution in [2.45, 2.75) is 59.4 Å². The first-order valence-corrected chi connectivity index (χ1v) is 9.45. The van der Waals surface area contributed by atoms with Crippen LogP contribution in [0.25, 0.3) is 0 Å². The fraction of sp³-hybridized carbons (Fsp3) is 0.579. The number of thiol groups is 1. The minimum Gasteiger partial charge on any atom is -0.480 e. The van der Waals surface area contributed by atoms with Crippen molar-refractivity contribution in [3.8, 4) is 0 Å². The Balaban J connectivity index is 4.65. The van der Waals surface area contributed by atoms with Gasteiger partial charge in [0.2, 0.25) is 5.96 Å². The topological polar surface area (TPSA) is 105 Å². The molecule has 0 bridgehead atoms. The van der Waals surface area contributed by atoms with Crippen molar-refractivity contribution in [2.24, 2.45) is 16.6 Å². The summed E-state index contributed by atoms with van der Waals surface area (Å²) in [7, 11) is 0. The zero-order chi connectivity index (χ0) is 20.1. The van der Waals surface area contributed by atoms with Crippen molar-refractivity contribution < 1.29 is 9.90 Å². The molecule has 0 aromatic rings. The molecule has 148 valence electrons. The van der Waals surface area contributed by atoms with Gasteiger partial charge in [-0.3, -0.25) is 5.01 Å². The summed E-state index contributed by atoms with van der Waals surface area (Å²) in [6.07, 6.45) is 10.5. The maximum absolute atomic E-state index is 11.3. The van der Waals surface area contributed by atoms with Crippen LogP contribution in [0, 0.1) is 0 Å². The van der Waals surface area contributed by atoms with E-state index in [-0.39, 0.29) is 11.7 Å². The van der Waals surface area contributed by atoms with Crippen LogP contribution in [0.1, 0.15) is 53.4 Å². The van der Waals surface area contributed by atoms with Gasteiger partial charge in [0.1, 0.15) is 0 Å². The molecule has 0 saturated carbocycles. The van der Waals surface area contributed by atoms with Crippen LogP contribution >= 0.6 is 12.6 Å². The molecule has 7 heteroatoms. The van der Waals surface area contributed by atoms with Gasteiger partial charge >= 0.3 is 5.97 Å². The average Bonchev–Trinajstić information content (AvgIpc) is 2.51. The first kappa shape index (κ1) is 24.1. The molecular formula is C19H34N4O2S. The number of allylic oxidation sites excluding steroid dienone is 5. The Kier molecular flexibility index (Phi) is 12.4. The van der Waals surface area contributed by atoms with E-state index in [1.165, 1.54) is 16.2 Å². The highest BCUT2D eigenvalue weighted by Crippen LogP contribution is 2.12. The molecule has 0 amide bonds. The largest absolute Gasteiger partial charge is 0.480 e. The van der Waals surface area contributed by atoms with Gasteiger partial charge in [-0.1, -0.05) is 34.9 Å². The van der Waals surface area contributed by atoms with Gasteiger partial charge in [0.25, 0.3) is 0 Å². The second kappa shape index (κ2) is 13.3. The fourth-order valence-electron chi connectivity index (χ4n) is 2.27. The van der Waals surface area contributed by atoms with E-state index in [0.717, 1.165) is 31.3 Å². The maximum Gasteiger partial charge on any atom is 0.328 e. The predicted molar refractivity (Wildman–Crippen MR) is 113 cm³/mol. The van der Waals surface area contributed by atoms with Crippen LogP contribution in [0.5, 0.6) is 0 Å². The van der Waals surface area contributed by atoms with Crippen molar-refractivity contribution in [2.75, 3.05) is 12.3 Å². The van der Waals surface area contributed by atoms with Crippen LogP contribution in [0.4, 0.5) is 0 Å². The molecule has 0 spiro atoms. The summed E-state index contributed by atoms with van der Waals surface area (Å²) in [5.41, 5.74) is 14.7. The van der Waals surface area contributed by atoms with E-state index in [1.807, 2.05) is 13.0 Å². The first-order valence-electron chi connectivity index (χ1n) is 8.81. The number of aliphatic carboxylic acids is 1. The van der Waals surface area contributed by atoms with Crippen molar-refractivity contribution >= 4 is 24.6 Å². The molecule has 26 heavy (non-hydrogen) atoms. The number of hydrogen-bond donors (Lipinski definition) is 4. The molecule has 0 aliphatic heterocycles. The summed E-state index contributed by atoms with van der Waals surface area (Å²) in [4.78, 5) is 11.3. The van der Waals surface area contributed by atoms with Crippen molar-refractivity contribution in [1.29, 1.82) is 0 Å². The van der Waals surface area contributed by atoms with Crippen molar-refractivity contribution in [3.63, 3.8) is 0 Å². The minimum atomic E-state index is -1.01. The molecule has 0 aromatic heterocycles. The van der Waals surface area contributed by atoms with Crippen LogP contribution in [0.3, 0.4) is 0 Å². The fourth-order valence-corrected chi connectivity index (χ4v) is 2.62. The molecule has 0 saturated heterocycles. The lowest BCUT2D eigenvalue weighted by Gasteiger charge is -2.24. The number of carboxylic acid groups (broad SMARTS) is 1. The molecule has 1 atom stereocenters.